The first kappa shape index (κ1) is 22.3. The number of carbonyl (C=O) groups is 2. The van der Waals surface area contributed by atoms with Gasteiger partial charge in [0, 0.05) is 12.5 Å². The lowest BCUT2D eigenvalue weighted by atomic mass is 9.94. The Hall–Kier alpha value is -1.75. The highest BCUT2D eigenvalue weighted by Crippen LogP contribution is 2.17. The second-order valence-corrected chi connectivity index (χ2v) is 7.66. The maximum atomic E-state index is 12.1. The Balaban J connectivity index is 2.44. The molecular formula is C20H30ClNO4. The highest BCUT2D eigenvalue weighted by molar-refractivity contribution is 6.20. The van der Waals surface area contributed by atoms with Crippen molar-refractivity contribution < 1.29 is 19.1 Å². The second-order valence-electron chi connectivity index (χ2n) is 7.23. The lowest BCUT2D eigenvalue weighted by Crippen LogP contribution is -2.34. The van der Waals surface area contributed by atoms with Crippen molar-refractivity contribution in [1.82, 2.24) is 5.32 Å². The van der Waals surface area contributed by atoms with Crippen LogP contribution in [0.15, 0.2) is 30.3 Å². The molecule has 0 fully saturated rings. The van der Waals surface area contributed by atoms with Gasteiger partial charge in [-0.1, -0.05) is 69.6 Å². The molecule has 0 aliphatic carbocycles. The van der Waals surface area contributed by atoms with Gasteiger partial charge in [-0.15, -0.1) is 0 Å². The molecular weight excluding hydrogens is 354 g/mol. The molecule has 146 valence electrons. The number of alkyl carbamates (subject to hydrolysis) is 1. The van der Waals surface area contributed by atoms with Crippen molar-refractivity contribution in [3.63, 3.8) is 0 Å². The van der Waals surface area contributed by atoms with Gasteiger partial charge < -0.3 is 14.8 Å². The number of amides is 1. The first-order valence-corrected chi connectivity index (χ1v) is 9.49. The molecule has 2 unspecified atom stereocenters. The Morgan fingerprint density at radius 3 is 2.35 bits per heavy atom. The summed E-state index contributed by atoms with van der Waals surface area (Å²) in [6, 6.07) is 9.55. The van der Waals surface area contributed by atoms with Gasteiger partial charge in [0.2, 0.25) is 0 Å². The van der Waals surface area contributed by atoms with E-state index in [-0.39, 0.29) is 30.8 Å². The molecule has 1 rings (SSSR count). The van der Waals surface area contributed by atoms with Crippen LogP contribution in [0, 0.1) is 17.8 Å². The maximum absolute atomic E-state index is 12.1. The number of ether oxygens (including phenoxy) is 2. The molecule has 0 saturated carbocycles. The normalized spacial score (nSPS) is 13.3. The van der Waals surface area contributed by atoms with Crippen molar-refractivity contribution >= 4 is 23.7 Å². The van der Waals surface area contributed by atoms with Crippen LogP contribution in [0.4, 0.5) is 4.79 Å². The Morgan fingerprint density at radius 2 is 1.77 bits per heavy atom. The molecule has 1 aromatic carbocycles. The summed E-state index contributed by atoms with van der Waals surface area (Å²) in [4.78, 5) is 23.9. The monoisotopic (exact) mass is 383 g/mol. The number of benzene rings is 1. The van der Waals surface area contributed by atoms with Crippen LogP contribution in [-0.2, 0) is 20.9 Å². The minimum Gasteiger partial charge on any atom is -0.461 e. The van der Waals surface area contributed by atoms with Gasteiger partial charge in [0.15, 0.2) is 5.56 Å². The third-order valence-electron chi connectivity index (χ3n) is 3.78. The van der Waals surface area contributed by atoms with Gasteiger partial charge in [0.1, 0.15) is 6.61 Å². The van der Waals surface area contributed by atoms with Crippen LogP contribution in [0.25, 0.3) is 0 Å². The quantitative estimate of drug-likeness (QED) is 0.468. The molecule has 6 heteroatoms. The molecule has 0 spiro atoms. The number of hydrogen-bond donors (Lipinski definition) is 1. The van der Waals surface area contributed by atoms with Crippen LogP contribution in [0.2, 0.25) is 0 Å². The van der Waals surface area contributed by atoms with E-state index in [0.717, 1.165) is 12.0 Å². The Labute approximate surface area is 161 Å². The van der Waals surface area contributed by atoms with Gasteiger partial charge in [0.05, 0.1) is 6.42 Å². The van der Waals surface area contributed by atoms with Crippen molar-refractivity contribution in [2.45, 2.75) is 52.7 Å². The summed E-state index contributed by atoms with van der Waals surface area (Å²) in [6.07, 6.45) is 0.486. The third kappa shape index (κ3) is 9.66. The molecule has 2 atom stereocenters. The van der Waals surface area contributed by atoms with Crippen molar-refractivity contribution in [2.75, 3.05) is 6.54 Å². The molecule has 1 aromatic rings. The molecule has 26 heavy (non-hydrogen) atoms. The number of halogens is 1. The smallest absolute Gasteiger partial charge is 0.408 e. The number of nitrogens with one attached hydrogen (secondary N) is 1. The summed E-state index contributed by atoms with van der Waals surface area (Å²) >= 11 is 5.94. The van der Waals surface area contributed by atoms with Crippen molar-refractivity contribution in [1.29, 1.82) is 0 Å². The summed E-state index contributed by atoms with van der Waals surface area (Å²) in [6.45, 7) is 8.50. The number of hydrogen-bond acceptors (Lipinski definition) is 4. The van der Waals surface area contributed by atoms with E-state index in [1.54, 1.807) is 0 Å². The van der Waals surface area contributed by atoms with E-state index < -0.39 is 11.7 Å². The number of carbonyl (C=O) groups excluding carboxylic acids is 2. The highest BCUT2D eigenvalue weighted by Gasteiger charge is 2.20. The summed E-state index contributed by atoms with van der Waals surface area (Å²) in [5.41, 5.74) is 0.277. The third-order valence-corrected chi connectivity index (χ3v) is 4.37. The average molecular weight is 384 g/mol. The van der Waals surface area contributed by atoms with E-state index in [9.17, 15) is 9.59 Å². The lowest BCUT2D eigenvalue weighted by Gasteiger charge is -2.20. The number of esters is 1. The maximum Gasteiger partial charge on any atom is 0.408 e. The molecule has 0 aliphatic heterocycles. The minimum absolute atomic E-state index is 0.0151. The first-order chi connectivity index (χ1) is 12.3. The van der Waals surface area contributed by atoms with Crippen LogP contribution in [0.3, 0.4) is 0 Å². The summed E-state index contributed by atoms with van der Waals surface area (Å²) < 4.78 is 10.4. The van der Waals surface area contributed by atoms with Crippen LogP contribution in [-0.4, -0.2) is 24.2 Å². The predicted molar refractivity (Wildman–Crippen MR) is 103 cm³/mol. The fourth-order valence-electron chi connectivity index (χ4n) is 2.45. The van der Waals surface area contributed by atoms with E-state index in [4.69, 9.17) is 21.1 Å². The van der Waals surface area contributed by atoms with Gasteiger partial charge in [-0.25, -0.2) is 4.79 Å². The van der Waals surface area contributed by atoms with Gasteiger partial charge >= 0.3 is 12.1 Å². The van der Waals surface area contributed by atoms with E-state index >= 15 is 0 Å². The van der Waals surface area contributed by atoms with E-state index in [2.05, 4.69) is 19.2 Å². The fourth-order valence-corrected chi connectivity index (χ4v) is 2.53. The Kier molecular flexibility index (Phi) is 10.1. The van der Waals surface area contributed by atoms with Gasteiger partial charge in [-0.05, 0) is 23.8 Å². The second kappa shape index (κ2) is 11.8. The van der Waals surface area contributed by atoms with Crippen LogP contribution in [0.5, 0.6) is 0 Å². The topological polar surface area (TPSA) is 64.6 Å². The molecule has 0 radical (unpaired) electrons. The first-order valence-electron chi connectivity index (χ1n) is 9.06. The van der Waals surface area contributed by atoms with Gasteiger partial charge in [-0.2, -0.15) is 0 Å². The Bertz CT molecular complexity index is 548. The minimum atomic E-state index is -0.672. The van der Waals surface area contributed by atoms with Crippen molar-refractivity contribution in [3.05, 3.63) is 35.9 Å². The van der Waals surface area contributed by atoms with E-state index in [1.165, 1.54) is 0 Å². The standard InChI is InChI=1S/C20H30ClNO4/c1-14(2)10-17(12-22-20(24)26-19(21)15(3)4)11-18(23)25-13-16-8-6-5-7-9-16/h5-9,14-15,17,19H,10-13H2,1-4H3,(H,22,24). The zero-order valence-electron chi connectivity index (χ0n) is 16.0. The highest BCUT2D eigenvalue weighted by atomic mass is 35.5. The molecule has 0 heterocycles. The molecule has 5 nitrogen and oxygen atoms in total. The van der Waals surface area contributed by atoms with Crippen LogP contribution in [0.1, 0.15) is 46.1 Å². The largest absolute Gasteiger partial charge is 0.461 e. The zero-order chi connectivity index (χ0) is 19.5. The zero-order valence-corrected chi connectivity index (χ0v) is 16.8. The molecule has 1 N–H and O–H groups in total. The summed E-state index contributed by atoms with van der Waals surface area (Å²) in [5, 5.41) is 2.70. The number of alkyl halides is 1. The lowest BCUT2D eigenvalue weighted by molar-refractivity contribution is -0.146. The number of rotatable bonds is 10. The molecule has 0 saturated heterocycles. The molecule has 1 amide bonds. The molecule has 0 bridgehead atoms. The Morgan fingerprint density at radius 1 is 1.12 bits per heavy atom. The van der Waals surface area contributed by atoms with Gasteiger partial charge in [-0.3, -0.25) is 4.79 Å². The van der Waals surface area contributed by atoms with E-state index in [1.807, 2.05) is 44.2 Å². The summed E-state index contributed by atoms with van der Waals surface area (Å²) in [7, 11) is 0. The van der Waals surface area contributed by atoms with Gasteiger partial charge in [0.25, 0.3) is 0 Å². The van der Waals surface area contributed by atoms with Crippen LogP contribution < -0.4 is 5.32 Å². The van der Waals surface area contributed by atoms with E-state index in [0.29, 0.717) is 12.5 Å². The summed E-state index contributed by atoms with van der Waals surface area (Å²) in [5.74, 6) is 0.142. The van der Waals surface area contributed by atoms with Crippen LogP contribution >= 0.6 is 11.6 Å². The average Bonchev–Trinajstić information content (AvgIpc) is 2.58. The molecule has 0 aliphatic rings. The fraction of sp³-hybridized carbons (Fsp3) is 0.600. The predicted octanol–water partition coefficient (Wildman–Crippen LogP) is 4.73. The SMILES string of the molecule is CC(C)CC(CNC(=O)OC(Cl)C(C)C)CC(=O)OCc1ccccc1. The molecule has 0 aromatic heterocycles. The van der Waals surface area contributed by atoms with Crippen molar-refractivity contribution in [2.24, 2.45) is 17.8 Å². The van der Waals surface area contributed by atoms with Crippen molar-refractivity contribution in [3.8, 4) is 0 Å².